The number of hydrogen-bond donors (Lipinski definition) is 1. The number of carbonyl (C=O) groups is 1. The van der Waals surface area contributed by atoms with Crippen molar-refractivity contribution >= 4 is 5.91 Å². The van der Waals surface area contributed by atoms with Gasteiger partial charge in [-0.1, -0.05) is 38.1 Å². The summed E-state index contributed by atoms with van der Waals surface area (Å²) in [5.41, 5.74) is 4.36. The number of aryl methyl sites for hydroxylation is 2. The highest BCUT2D eigenvalue weighted by Crippen LogP contribution is 2.25. The van der Waals surface area contributed by atoms with Gasteiger partial charge in [0.1, 0.15) is 11.5 Å². The summed E-state index contributed by atoms with van der Waals surface area (Å²) >= 11 is 0. The van der Waals surface area contributed by atoms with E-state index < -0.39 is 6.10 Å². The Kier molecular flexibility index (Phi) is 7.28. The van der Waals surface area contributed by atoms with Crippen LogP contribution in [0.5, 0.6) is 11.5 Å². The van der Waals surface area contributed by atoms with Crippen LogP contribution in [0.1, 0.15) is 55.0 Å². The highest BCUT2D eigenvalue weighted by molar-refractivity contribution is 5.81. The summed E-state index contributed by atoms with van der Waals surface area (Å²) < 4.78 is 11.4. The van der Waals surface area contributed by atoms with Gasteiger partial charge in [0.25, 0.3) is 5.91 Å². The second-order valence-electron chi connectivity index (χ2n) is 6.91. The van der Waals surface area contributed by atoms with Crippen LogP contribution in [0.3, 0.4) is 0 Å². The molecular formula is C23H31NO3. The molecule has 1 amide bonds. The molecule has 2 rings (SSSR count). The number of nitrogens with one attached hydrogen (secondary N) is 1. The molecule has 0 saturated heterocycles. The molecule has 0 aliphatic carbocycles. The Balaban J connectivity index is 2.14. The standard InChI is InChI=1S/C23H31NO3/c1-7-19(18-12-13-21(26-6)16(4)14-18)24-23(25)20(8-2)27-22-11-9-10-15(3)17(22)5/h9-14,19-20H,7-8H2,1-6H3,(H,24,25)/t19-,20+/m0/s1. The van der Waals surface area contributed by atoms with Gasteiger partial charge in [0.15, 0.2) is 6.10 Å². The minimum Gasteiger partial charge on any atom is -0.496 e. The fourth-order valence-corrected chi connectivity index (χ4v) is 3.13. The molecule has 0 aliphatic heterocycles. The van der Waals surface area contributed by atoms with Crippen molar-refractivity contribution in [2.75, 3.05) is 7.11 Å². The molecule has 2 aromatic carbocycles. The van der Waals surface area contributed by atoms with E-state index in [4.69, 9.17) is 9.47 Å². The molecule has 0 bridgehead atoms. The summed E-state index contributed by atoms with van der Waals surface area (Å²) in [5.74, 6) is 1.54. The third-order valence-electron chi connectivity index (χ3n) is 5.03. The largest absolute Gasteiger partial charge is 0.496 e. The summed E-state index contributed by atoms with van der Waals surface area (Å²) in [7, 11) is 1.66. The van der Waals surface area contributed by atoms with E-state index in [0.717, 1.165) is 40.2 Å². The molecule has 27 heavy (non-hydrogen) atoms. The lowest BCUT2D eigenvalue weighted by molar-refractivity contribution is -0.129. The fraction of sp³-hybridized carbons (Fsp3) is 0.435. The predicted molar refractivity (Wildman–Crippen MR) is 110 cm³/mol. The van der Waals surface area contributed by atoms with E-state index in [1.807, 2.05) is 58.0 Å². The lowest BCUT2D eigenvalue weighted by Gasteiger charge is -2.24. The molecule has 0 spiro atoms. The van der Waals surface area contributed by atoms with Crippen molar-refractivity contribution in [3.8, 4) is 11.5 Å². The van der Waals surface area contributed by atoms with Gasteiger partial charge < -0.3 is 14.8 Å². The molecule has 146 valence electrons. The fourth-order valence-electron chi connectivity index (χ4n) is 3.13. The molecule has 2 atom stereocenters. The topological polar surface area (TPSA) is 47.6 Å². The van der Waals surface area contributed by atoms with Crippen LogP contribution >= 0.6 is 0 Å². The molecule has 0 fully saturated rings. The zero-order valence-corrected chi connectivity index (χ0v) is 17.3. The van der Waals surface area contributed by atoms with Crippen molar-refractivity contribution in [2.45, 2.75) is 59.6 Å². The van der Waals surface area contributed by atoms with Crippen molar-refractivity contribution in [3.63, 3.8) is 0 Å². The van der Waals surface area contributed by atoms with E-state index in [-0.39, 0.29) is 11.9 Å². The van der Waals surface area contributed by atoms with E-state index in [1.54, 1.807) is 7.11 Å². The van der Waals surface area contributed by atoms with Gasteiger partial charge in [0.05, 0.1) is 13.2 Å². The number of carbonyl (C=O) groups excluding carboxylic acids is 1. The zero-order valence-electron chi connectivity index (χ0n) is 17.3. The van der Waals surface area contributed by atoms with Crippen LogP contribution in [0.15, 0.2) is 36.4 Å². The molecule has 0 aromatic heterocycles. The highest BCUT2D eigenvalue weighted by Gasteiger charge is 2.23. The third-order valence-corrected chi connectivity index (χ3v) is 5.03. The average molecular weight is 370 g/mol. The van der Waals surface area contributed by atoms with Gasteiger partial charge >= 0.3 is 0 Å². The highest BCUT2D eigenvalue weighted by atomic mass is 16.5. The maximum Gasteiger partial charge on any atom is 0.261 e. The average Bonchev–Trinajstić information content (AvgIpc) is 2.67. The molecule has 0 unspecified atom stereocenters. The first-order valence-electron chi connectivity index (χ1n) is 9.59. The molecule has 0 saturated carbocycles. The minimum atomic E-state index is -0.515. The van der Waals surface area contributed by atoms with Crippen LogP contribution in [-0.2, 0) is 4.79 Å². The summed E-state index contributed by atoms with van der Waals surface area (Å²) in [6, 6.07) is 11.9. The van der Waals surface area contributed by atoms with Crippen molar-refractivity contribution < 1.29 is 14.3 Å². The monoisotopic (exact) mass is 369 g/mol. The smallest absolute Gasteiger partial charge is 0.261 e. The maximum atomic E-state index is 12.9. The first-order chi connectivity index (χ1) is 12.9. The number of ether oxygens (including phenoxy) is 2. The number of methoxy groups -OCH3 is 1. The van der Waals surface area contributed by atoms with Gasteiger partial charge in [-0.2, -0.15) is 0 Å². The molecule has 2 aromatic rings. The maximum absolute atomic E-state index is 12.9. The van der Waals surface area contributed by atoms with Crippen molar-refractivity contribution in [3.05, 3.63) is 58.7 Å². The molecule has 1 N–H and O–H groups in total. The molecule has 4 heteroatoms. The van der Waals surface area contributed by atoms with Crippen LogP contribution < -0.4 is 14.8 Å². The molecule has 4 nitrogen and oxygen atoms in total. The molecular weight excluding hydrogens is 338 g/mol. The number of benzene rings is 2. The Morgan fingerprint density at radius 3 is 2.33 bits per heavy atom. The predicted octanol–water partition coefficient (Wildman–Crippen LogP) is 5.05. The van der Waals surface area contributed by atoms with Gasteiger partial charge in [-0.25, -0.2) is 0 Å². The van der Waals surface area contributed by atoms with Crippen molar-refractivity contribution in [1.29, 1.82) is 0 Å². The van der Waals surface area contributed by atoms with Crippen molar-refractivity contribution in [2.24, 2.45) is 0 Å². The number of hydrogen-bond acceptors (Lipinski definition) is 3. The lowest BCUT2D eigenvalue weighted by Crippen LogP contribution is -2.40. The zero-order chi connectivity index (χ0) is 20.0. The summed E-state index contributed by atoms with van der Waals surface area (Å²) in [6.45, 7) is 10.1. The van der Waals surface area contributed by atoms with E-state index in [2.05, 4.69) is 18.3 Å². The first-order valence-corrected chi connectivity index (χ1v) is 9.59. The second-order valence-corrected chi connectivity index (χ2v) is 6.91. The van der Waals surface area contributed by atoms with Crippen LogP contribution in [0.2, 0.25) is 0 Å². The molecule has 0 radical (unpaired) electrons. The van der Waals surface area contributed by atoms with E-state index in [9.17, 15) is 4.79 Å². The normalized spacial score (nSPS) is 13.0. The quantitative estimate of drug-likeness (QED) is 0.709. The van der Waals surface area contributed by atoms with E-state index in [1.165, 1.54) is 0 Å². The van der Waals surface area contributed by atoms with Crippen molar-refractivity contribution in [1.82, 2.24) is 5.32 Å². The van der Waals surface area contributed by atoms with Crippen LogP contribution in [0.4, 0.5) is 0 Å². The van der Waals surface area contributed by atoms with Crippen LogP contribution in [-0.4, -0.2) is 19.1 Å². The van der Waals surface area contributed by atoms with Gasteiger partial charge in [-0.15, -0.1) is 0 Å². The van der Waals surface area contributed by atoms with Crippen LogP contribution in [0.25, 0.3) is 0 Å². The number of amides is 1. The third kappa shape index (κ3) is 5.03. The Hall–Kier alpha value is -2.49. The Bertz CT molecular complexity index is 785. The Labute approximate surface area is 162 Å². The Morgan fingerprint density at radius 1 is 1.00 bits per heavy atom. The SMILES string of the molecule is CC[C@H](NC(=O)[C@@H](CC)Oc1cccc(C)c1C)c1ccc(OC)c(C)c1. The van der Waals surface area contributed by atoms with Gasteiger partial charge in [-0.3, -0.25) is 4.79 Å². The van der Waals surface area contributed by atoms with Crippen LogP contribution in [0, 0.1) is 20.8 Å². The molecule has 0 heterocycles. The van der Waals surface area contributed by atoms with E-state index >= 15 is 0 Å². The molecule has 0 aliphatic rings. The minimum absolute atomic E-state index is 0.0571. The summed E-state index contributed by atoms with van der Waals surface area (Å²) in [4.78, 5) is 12.9. The van der Waals surface area contributed by atoms with Gasteiger partial charge in [0, 0.05) is 0 Å². The summed E-state index contributed by atoms with van der Waals surface area (Å²) in [6.07, 6.45) is 0.897. The van der Waals surface area contributed by atoms with E-state index in [0.29, 0.717) is 6.42 Å². The Morgan fingerprint density at radius 2 is 1.74 bits per heavy atom. The summed E-state index contributed by atoms with van der Waals surface area (Å²) in [5, 5.41) is 3.15. The number of rotatable bonds is 8. The first kappa shape index (κ1) is 20.8. The van der Waals surface area contributed by atoms with Gasteiger partial charge in [0.2, 0.25) is 0 Å². The van der Waals surface area contributed by atoms with Gasteiger partial charge in [-0.05, 0) is 68.0 Å². The second kappa shape index (κ2) is 9.45. The lowest BCUT2D eigenvalue weighted by atomic mass is 10.0.